The third-order valence-electron chi connectivity index (χ3n) is 6.75. The molecule has 1 aliphatic carbocycles. The molecule has 0 radical (unpaired) electrons. The molecule has 0 fully saturated rings. The third-order valence-corrected chi connectivity index (χ3v) is 6.75. The Bertz CT molecular complexity index is 1480. The van der Waals surface area contributed by atoms with E-state index in [0.29, 0.717) is 5.75 Å². The van der Waals surface area contributed by atoms with Crippen LogP contribution in [-0.4, -0.2) is 5.11 Å². The summed E-state index contributed by atoms with van der Waals surface area (Å²) in [6, 6.07) is 38.5. The molecule has 0 heterocycles. The Morgan fingerprint density at radius 1 is 0.545 bits per heavy atom. The maximum Gasteiger partial charge on any atom is 0.118 e. The number of phenolic OH excluding ortho intramolecular Hbond substituents is 1. The first kappa shape index (κ1) is 19.6. The van der Waals surface area contributed by atoms with Crippen molar-refractivity contribution in [1.82, 2.24) is 0 Å². The summed E-state index contributed by atoms with van der Waals surface area (Å²) in [7, 11) is 0. The normalized spacial score (nSPS) is 11.8. The first-order valence-electron chi connectivity index (χ1n) is 11.4. The van der Waals surface area contributed by atoms with Crippen LogP contribution in [0.4, 0.5) is 0 Å². The molecule has 0 atom stereocenters. The van der Waals surface area contributed by atoms with Crippen molar-refractivity contribution >= 4 is 0 Å². The fourth-order valence-electron chi connectivity index (χ4n) is 5.09. The molecule has 5 aromatic rings. The van der Waals surface area contributed by atoms with Gasteiger partial charge in [0.05, 0.1) is 0 Å². The zero-order valence-corrected chi connectivity index (χ0v) is 18.5. The van der Waals surface area contributed by atoms with Crippen molar-refractivity contribution in [2.24, 2.45) is 0 Å². The number of hydrogen-bond donors (Lipinski definition) is 1. The smallest absolute Gasteiger partial charge is 0.118 e. The minimum absolute atomic E-state index is 0.336. The standard InChI is InChI=1S/C32H24O/c1-21-18-25(13-17-31(21)33)32-28(23-10-6-3-7-11-23)15-16-29-27-14-12-24(19-26(27)20-30(29)32)22-8-4-2-5-9-22/h2-19,33H,20H2,1H3. The van der Waals surface area contributed by atoms with Crippen LogP contribution in [0.5, 0.6) is 5.75 Å². The van der Waals surface area contributed by atoms with E-state index in [4.69, 9.17) is 0 Å². The lowest BCUT2D eigenvalue weighted by Gasteiger charge is -2.16. The van der Waals surface area contributed by atoms with E-state index in [1.165, 1.54) is 50.1 Å². The molecule has 0 unspecified atom stereocenters. The van der Waals surface area contributed by atoms with Gasteiger partial charge in [0.25, 0.3) is 0 Å². The number of benzene rings is 5. The van der Waals surface area contributed by atoms with E-state index in [0.717, 1.165) is 17.5 Å². The second kappa shape index (κ2) is 7.79. The molecule has 0 spiro atoms. The van der Waals surface area contributed by atoms with Crippen molar-refractivity contribution in [2.45, 2.75) is 13.3 Å². The molecule has 1 N–H and O–H groups in total. The molecule has 1 nitrogen and oxygen atoms in total. The highest BCUT2D eigenvalue weighted by Crippen LogP contribution is 2.47. The summed E-state index contributed by atoms with van der Waals surface area (Å²) >= 11 is 0. The van der Waals surface area contributed by atoms with Gasteiger partial charge in [-0.1, -0.05) is 97.1 Å². The van der Waals surface area contributed by atoms with Gasteiger partial charge in [-0.2, -0.15) is 0 Å². The van der Waals surface area contributed by atoms with Gasteiger partial charge < -0.3 is 5.11 Å². The molecule has 0 saturated heterocycles. The lowest BCUT2D eigenvalue weighted by Crippen LogP contribution is -1.93. The van der Waals surface area contributed by atoms with E-state index in [1.807, 2.05) is 19.1 Å². The fourth-order valence-corrected chi connectivity index (χ4v) is 5.09. The average Bonchev–Trinajstić information content (AvgIpc) is 3.24. The van der Waals surface area contributed by atoms with Crippen LogP contribution < -0.4 is 0 Å². The van der Waals surface area contributed by atoms with Gasteiger partial charge >= 0.3 is 0 Å². The van der Waals surface area contributed by atoms with Crippen LogP contribution in [0.25, 0.3) is 44.5 Å². The van der Waals surface area contributed by atoms with Crippen molar-refractivity contribution < 1.29 is 5.11 Å². The molecule has 1 heteroatoms. The van der Waals surface area contributed by atoms with Crippen molar-refractivity contribution in [3.8, 4) is 50.3 Å². The van der Waals surface area contributed by atoms with Gasteiger partial charge in [0.15, 0.2) is 0 Å². The van der Waals surface area contributed by atoms with Crippen LogP contribution in [-0.2, 0) is 6.42 Å². The van der Waals surface area contributed by atoms with Crippen LogP contribution in [0.1, 0.15) is 16.7 Å². The zero-order valence-electron chi connectivity index (χ0n) is 18.5. The van der Waals surface area contributed by atoms with Gasteiger partial charge in [-0.05, 0) is 86.7 Å². The van der Waals surface area contributed by atoms with Crippen LogP contribution in [0.3, 0.4) is 0 Å². The second-order valence-electron chi connectivity index (χ2n) is 8.80. The maximum absolute atomic E-state index is 10.2. The molecule has 0 amide bonds. The summed E-state index contributed by atoms with van der Waals surface area (Å²) in [4.78, 5) is 0. The van der Waals surface area contributed by atoms with Gasteiger partial charge in [-0.25, -0.2) is 0 Å². The Morgan fingerprint density at radius 3 is 1.91 bits per heavy atom. The van der Waals surface area contributed by atoms with Crippen molar-refractivity contribution in [2.75, 3.05) is 0 Å². The number of rotatable bonds is 3. The van der Waals surface area contributed by atoms with Gasteiger partial charge in [0.2, 0.25) is 0 Å². The Labute approximate surface area is 194 Å². The lowest BCUT2D eigenvalue weighted by atomic mass is 9.87. The highest BCUT2D eigenvalue weighted by Gasteiger charge is 2.25. The summed E-state index contributed by atoms with van der Waals surface area (Å²) in [6.07, 6.45) is 0.904. The molecule has 33 heavy (non-hydrogen) atoms. The Balaban J connectivity index is 1.55. The molecule has 158 valence electrons. The second-order valence-corrected chi connectivity index (χ2v) is 8.80. The molecule has 0 aliphatic heterocycles. The number of aromatic hydroxyl groups is 1. The lowest BCUT2D eigenvalue weighted by molar-refractivity contribution is 0.471. The number of fused-ring (bicyclic) bond motifs is 3. The van der Waals surface area contributed by atoms with Crippen LogP contribution in [0, 0.1) is 6.92 Å². The molecule has 5 aromatic carbocycles. The number of aryl methyl sites for hydroxylation is 1. The molecule has 1 aliphatic rings. The van der Waals surface area contributed by atoms with E-state index in [-0.39, 0.29) is 0 Å². The Kier molecular flexibility index (Phi) is 4.62. The van der Waals surface area contributed by atoms with Gasteiger partial charge in [-0.15, -0.1) is 0 Å². The van der Waals surface area contributed by atoms with Crippen LogP contribution >= 0.6 is 0 Å². The summed E-state index contributed by atoms with van der Waals surface area (Å²) < 4.78 is 0. The summed E-state index contributed by atoms with van der Waals surface area (Å²) in [6.45, 7) is 1.96. The van der Waals surface area contributed by atoms with Crippen molar-refractivity contribution in [1.29, 1.82) is 0 Å². The minimum Gasteiger partial charge on any atom is -0.508 e. The summed E-state index contributed by atoms with van der Waals surface area (Å²) in [5.74, 6) is 0.336. The highest BCUT2D eigenvalue weighted by molar-refractivity contribution is 5.94. The van der Waals surface area contributed by atoms with Crippen molar-refractivity contribution in [3.63, 3.8) is 0 Å². The average molecular weight is 425 g/mol. The molecule has 0 aromatic heterocycles. The van der Waals surface area contributed by atoms with Gasteiger partial charge in [0.1, 0.15) is 5.75 Å². The van der Waals surface area contributed by atoms with E-state index in [1.54, 1.807) is 0 Å². The molecular weight excluding hydrogens is 400 g/mol. The maximum atomic E-state index is 10.2. The van der Waals surface area contributed by atoms with Crippen LogP contribution in [0.2, 0.25) is 0 Å². The van der Waals surface area contributed by atoms with Gasteiger partial charge in [0, 0.05) is 0 Å². The molecular formula is C32H24O. The zero-order chi connectivity index (χ0) is 22.4. The molecule has 0 bridgehead atoms. The third kappa shape index (κ3) is 3.34. The Hall–Kier alpha value is -4.10. The van der Waals surface area contributed by atoms with Crippen molar-refractivity contribution in [3.05, 3.63) is 126 Å². The molecule has 0 saturated carbocycles. The quantitative estimate of drug-likeness (QED) is 0.303. The first-order chi connectivity index (χ1) is 16.2. The minimum atomic E-state index is 0.336. The summed E-state index contributed by atoms with van der Waals surface area (Å²) in [5, 5.41) is 10.2. The van der Waals surface area contributed by atoms with E-state index < -0.39 is 0 Å². The topological polar surface area (TPSA) is 20.2 Å². The number of phenols is 1. The number of hydrogen-bond acceptors (Lipinski definition) is 1. The monoisotopic (exact) mass is 424 g/mol. The predicted molar refractivity (Wildman–Crippen MR) is 137 cm³/mol. The Morgan fingerprint density at radius 2 is 1.18 bits per heavy atom. The summed E-state index contributed by atoms with van der Waals surface area (Å²) in [5.41, 5.74) is 13.6. The predicted octanol–water partition coefficient (Wildman–Crippen LogP) is 8.27. The fraction of sp³-hybridized carbons (Fsp3) is 0.0625. The van der Waals surface area contributed by atoms with E-state index >= 15 is 0 Å². The highest BCUT2D eigenvalue weighted by atomic mass is 16.3. The van der Waals surface area contributed by atoms with E-state index in [9.17, 15) is 5.11 Å². The van der Waals surface area contributed by atoms with Gasteiger partial charge in [-0.3, -0.25) is 0 Å². The van der Waals surface area contributed by atoms with E-state index in [2.05, 4.69) is 97.1 Å². The first-order valence-corrected chi connectivity index (χ1v) is 11.4. The molecule has 6 rings (SSSR count). The largest absolute Gasteiger partial charge is 0.508 e. The SMILES string of the molecule is Cc1cc(-c2c(-c3ccccc3)ccc3c2Cc2cc(-c4ccccc4)ccc2-3)ccc1O. The van der Waals surface area contributed by atoms with Crippen LogP contribution in [0.15, 0.2) is 109 Å².